The summed E-state index contributed by atoms with van der Waals surface area (Å²) in [6.45, 7) is 4.31. The van der Waals surface area contributed by atoms with Gasteiger partial charge in [-0.15, -0.1) is 0 Å². The molecule has 0 saturated carbocycles. The summed E-state index contributed by atoms with van der Waals surface area (Å²) in [6.07, 6.45) is 1.82. The van der Waals surface area contributed by atoms with Crippen LogP contribution in [-0.4, -0.2) is 33.7 Å². The van der Waals surface area contributed by atoms with E-state index in [9.17, 15) is 10.1 Å². The zero-order valence-electron chi connectivity index (χ0n) is 24.8. The topological polar surface area (TPSA) is 79.5 Å². The Morgan fingerprint density at radius 3 is 2.14 bits per heavy atom. The summed E-state index contributed by atoms with van der Waals surface area (Å²) < 4.78 is 2.30. The average molecular weight is 621 g/mol. The van der Waals surface area contributed by atoms with Crippen molar-refractivity contribution in [3.05, 3.63) is 136 Å². The smallest absolute Gasteiger partial charge is 0.269 e. The second-order valence-electron chi connectivity index (χ2n) is 10.9. The maximum Gasteiger partial charge on any atom is 0.269 e. The van der Waals surface area contributed by atoms with E-state index in [0.29, 0.717) is 5.11 Å². The molecule has 0 amide bonds. The minimum absolute atomic E-state index is 0.0817. The van der Waals surface area contributed by atoms with E-state index >= 15 is 0 Å². The van der Waals surface area contributed by atoms with Crippen LogP contribution in [0.5, 0.6) is 0 Å². The third kappa shape index (κ3) is 5.66. The minimum Gasteiger partial charge on any atom is -0.378 e. The molecule has 6 rings (SSSR count). The number of nitrogens with one attached hydrogen (secondary N) is 1. The number of non-ortho nitro benzene ring substituents is 1. The molecule has 5 aromatic rings. The molecule has 3 heterocycles. The Morgan fingerprint density at radius 2 is 1.55 bits per heavy atom. The van der Waals surface area contributed by atoms with Gasteiger partial charge in [-0.3, -0.25) is 15.1 Å². The molecule has 3 aromatic carbocycles. The molecular weight excluding hydrogens is 589 g/mol. The zero-order valence-corrected chi connectivity index (χ0v) is 26.5. The van der Waals surface area contributed by atoms with Crippen LogP contribution in [0.25, 0.3) is 5.69 Å². The van der Waals surface area contributed by atoms with Crippen molar-refractivity contribution < 1.29 is 4.92 Å². The van der Waals surface area contributed by atoms with Gasteiger partial charge in [0.25, 0.3) is 5.69 Å². The molecule has 0 aliphatic carbocycles. The summed E-state index contributed by atoms with van der Waals surface area (Å²) in [4.78, 5) is 21.6. The molecule has 222 valence electrons. The molecule has 1 aliphatic rings. The Hall–Kier alpha value is -4.67. The van der Waals surface area contributed by atoms with E-state index in [2.05, 4.69) is 88.1 Å². The second-order valence-corrected chi connectivity index (χ2v) is 12.4. The van der Waals surface area contributed by atoms with Crippen LogP contribution in [0.2, 0.25) is 0 Å². The third-order valence-electron chi connectivity index (χ3n) is 7.91. The number of aryl methyl sites for hydroxylation is 1. The molecule has 0 unspecified atom stereocenters. The molecule has 1 N–H and O–H groups in total. The highest BCUT2D eigenvalue weighted by Gasteiger charge is 2.42. The Labute approximate surface area is 266 Å². The average Bonchev–Trinajstić information content (AvgIpc) is 3.52. The van der Waals surface area contributed by atoms with Gasteiger partial charge >= 0.3 is 0 Å². The van der Waals surface area contributed by atoms with Gasteiger partial charge in [-0.2, -0.15) is 0 Å². The normalized spacial score (nSPS) is 16.2. The van der Waals surface area contributed by atoms with Crippen molar-refractivity contribution in [3.8, 4) is 5.69 Å². The number of benzene rings is 3. The Morgan fingerprint density at radius 1 is 0.909 bits per heavy atom. The maximum absolute atomic E-state index is 11.0. The van der Waals surface area contributed by atoms with Crippen LogP contribution in [0.1, 0.15) is 34.7 Å². The summed E-state index contributed by atoms with van der Waals surface area (Å²) in [5.41, 5.74) is 7.70. The summed E-state index contributed by atoms with van der Waals surface area (Å²) in [6, 6.07) is 31.4. The number of anilines is 2. The Balaban J connectivity index is 1.36. The molecule has 2 aromatic heterocycles. The lowest BCUT2D eigenvalue weighted by Crippen LogP contribution is -2.29. The SMILES string of the molecule is Cc1cc([C@H]2[C@@H](c3ccccn3)NC(=S)N2c2ccc(Sc3ccc([N+](=O)[O-])cc3)cc2)c(C)n1-c1ccc(N(C)C)cc1. The van der Waals surface area contributed by atoms with Crippen LogP contribution in [0.3, 0.4) is 0 Å². The van der Waals surface area contributed by atoms with E-state index in [1.54, 1.807) is 23.9 Å². The molecule has 0 spiro atoms. The second kappa shape index (κ2) is 12.1. The molecule has 1 saturated heterocycles. The molecular formula is C34H32N6O2S2. The lowest BCUT2D eigenvalue weighted by molar-refractivity contribution is -0.384. The van der Waals surface area contributed by atoms with Gasteiger partial charge in [0.1, 0.15) is 0 Å². The fourth-order valence-corrected chi connectivity index (χ4v) is 6.94. The first kappa shape index (κ1) is 29.4. The minimum atomic E-state index is -0.386. The van der Waals surface area contributed by atoms with Gasteiger partial charge in [0.05, 0.1) is 22.7 Å². The van der Waals surface area contributed by atoms with Gasteiger partial charge in [0, 0.05) is 70.7 Å². The van der Waals surface area contributed by atoms with Gasteiger partial charge in [-0.25, -0.2) is 0 Å². The predicted octanol–water partition coefficient (Wildman–Crippen LogP) is 7.79. The maximum atomic E-state index is 11.0. The number of rotatable bonds is 8. The number of thiocarbonyl (C=S) groups is 1. The van der Waals surface area contributed by atoms with Crippen molar-refractivity contribution in [1.82, 2.24) is 14.9 Å². The highest BCUT2D eigenvalue weighted by molar-refractivity contribution is 7.99. The summed E-state index contributed by atoms with van der Waals surface area (Å²) in [5, 5.41) is 15.2. The number of pyridine rings is 1. The van der Waals surface area contributed by atoms with E-state index < -0.39 is 0 Å². The fourth-order valence-electron chi connectivity index (χ4n) is 5.78. The van der Waals surface area contributed by atoms with Gasteiger partial charge in [0.2, 0.25) is 0 Å². The van der Waals surface area contributed by atoms with Gasteiger partial charge in [0.15, 0.2) is 5.11 Å². The molecule has 10 heteroatoms. The third-order valence-corrected chi connectivity index (χ3v) is 9.24. The number of nitrogens with zero attached hydrogens (tertiary/aromatic N) is 5. The highest BCUT2D eigenvalue weighted by Crippen LogP contribution is 2.44. The van der Waals surface area contributed by atoms with Crippen LogP contribution >= 0.6 is 24.0 Å². The zero-order chi connectivity index (χ0) is 31.0. The fraction of sp³-hybridized carbons (Fsp3) is 0.176. The number of aromatic nitrogens is 2. The highest BCUT2D eigenvalue weighted by atomic mass is 32.2. The van der Waals surface area contributed by atoms with Crippen LogP contribution in [0.4, 0.5) is 17.1 Å². The molecule has 44 heavy (non-hydrogen) atoms. The van der Waals surface area contributed by atoms with Crippen LogP contribution in [0.15, 0.2) is 113 Å². The number of nitro benzene ring substituents is 1. The quantitative estimate of drug-likeness (QED) is 0.107. The Kier molecular flexibility index (Phi) is 8.11. The van der Waals surface area contributed by atoms with E-state index in [1.807, 2.05) is 38.5 Å². The van der Waals surface area contributed by atoms with Crippen LogP contribution in [0, 0.1) is 24.0 Å². The van der Waals surface area contributed by atoms with Crippen LogP contribution < -0.4 is 15.1 Å². The van der Waals surface area contributed by atoms with Crippen molar-refractivity contribution in [2.75, 3.05) is 23.9 Å². The molecule has 0 radical (unpaired) electrons. The summed E-state index contributed by atoms with van der Waals surface area (Å²) in [5.74, 6) is 0. The van der Waals surface area contributed by atoms with Crippen molar-refractivity contribution in [2.45, 2.75) is 35.7 Å². The number of hydrogen-bond donors (Lipinski definition) is 1. The van der Waals surface area contributed by atoms with Gasteiger partial charge < -0.3 is 19.7 Å². The molecule has 1 fully saturated rings. The van der Waals surface area contributed by atoms with E-state index in [0.717, 1.165) is 43.9 Å². The van der Waals surface area contributed by atoms with E-state index in [4.69, 9.17) is 17.2 Å². The molecule has 8 nitrogen and oxygen atoms in total. The van der Waals surface area contributed by atoms with Crippen molar-refractivity contribution in [3.63, 3.8) is 0 Å². The van der Waals surface area contributed by atoms with Crippen molar-refractivity contribution in [2.24, 2.45) is 0 Å². The van der Waals surface area contributed by atoms with Gasteiger partial charge in [-0.05, 0) is 110 Å². The molecule has 1 aliphatic heterocycles. The summed E-state index contributed by atoms with van der Waals surface area (Å²) in [7, 11) is 4.09. The van der Waals surface area contributed by atoms with E-state index in [1.165, 1.54) is 17.7 Å². The summed E-state index contributed by atoms with van der Waals surface area (Å²) >= 11 is 7.53. The largest absolute Gasteiger partial charge is 0.378 e. The molecule has 0 bridgehead atoms. The first-order valence-corrected chi connectivity index (χ1v) is 15.4. The predicted molar refractivity (Wildman–Crippen MR) is 181 cm³/mol. The lowest BCUT2D eigenvalue weighted by Gasteiger charge is -2.28. The van der Waals surface area contributed by atoms with Crippen molar-refractivity contribution >= 4 is 46.2 Å². The number of hydrogen-bond acceptors (Lipinski definition) is 6. The van der Waals surface area contributed by atoms with E-state index in [-0.39, 0.29) is 22.7 Å². The first-order chi connectivity index (χ1) is 21.2. The Bertz CT molecular complexity index is 1800. The van der Waals surface area contributed by atoms with Crippen molar-refractivity contribution in [1.29, 1.82) is 0 Å². The standard InChI is InChI=1S/C34H32N6O2S2/c1-22-21-30(23(2)38(22)25-10-8-24(9-11-25)37(3)4)33-32(31-7-5-6-20-35-31)36-34(43)39(33)26-12-16-28(17-13-26)44-29-18-14-27(15-19-29)40(41)42/h5-21,32-33H,1-4H3,(H,36,43)/t32-,33+/m1/s1. The van der Waals surface area contributed by atoms with Gasteiger partial charge in [-0.1, -0.05) is 17.8 Å². The van der Waals surface area contributed by atoms with Crippen LogP contribution in [-0.2, 0) is 0 Å². The number of nitro groups is 1. The molecule has 2 atom stereocenters. The monoisotopic (exact) mass is 620 g/mol. The first-order valence-electron chi connectivity index (χ1n) is 14.2. The lowest BCUT2D eigenvalue weighted by atomic mass is 9.96.